The first-order valence-electron chi connectivity index (χ1n) is 2.81. The molecule has 5 heteroatoms. The Labute approximate surface area is 67.0 Å². The number of hydrogen-bond donors (Lipinski definition) is 1. The van der Waals surface area contributed by atoms with E-state index in [1.165, 1.54) is 6.07 Å². The number of aromatic nitrogens is 1. The Balaban J connectivity index is 3.05. The Morgan fingerprint density at radius 1 is 1.45 bits per heavy atom. The van der Waals surface area contributed by atoms with Crippen molar-refractivity contribution < 1.29 is 8.78 Å². The molecule has 0 aromatic carbocycles. The van der Waals surface area contributed by atoms with Gasteiger partial charge in [0, 0.05) is 0 Å². The summed E-state index contributed by atoms with van der Waals surface area (Å²) in [6.07, 6.45) is -2.60. The normalized spacial score (nSPS) is 10.5. The maximum Gasteiger partial charge on any atom is 0.280 e. The molecule has 0 fully saturated rings. The lowest BCUT2D eigenvalue weighted by atomic mass is 10.3. The molecule has 11 heavy (non-hydrogen) atoms. The van der Waals surface area contributed by atoms with Gasteiger partial charge in [-0.05, 0) is 12.1 Å². The average Bonchev–Trinajstić information content (AvgIpc) is 1.94. The second-order valence-electron chi connectivity index (χ2n) is 1.90. The van der Waals surface area contributed by atoms with Crippen LogP contribution in [0.5, 0.6) is 0 Å². The Morgan fingerprint density at radius 3 is 2.55 bits per heavy atom. The molecule has 0 aliphatic carbocycles. The van der Waals surface area contributed by atoms with Gasteiger partial charge < -0.3 is 5.73 Å². The van der Waals surface area contributed by atoms with Crippen LogP contribution in [-0.2, 0) is 0 Å². The van der Waals surface area contributed by atoms with Crippen LogP contribution in [-0.4, -0.2) is 4.98 Å². The Morgan fingerprint density at radius 2 is 2.09 bits per heavy atom. The van der Waals surface area contributed by atoms with E-state index in [0.29, 0.717) is 0 Å². The zero-order valence-corrected chi connectivity index (χ0v) is 6.15. The number of hydrogen-bond acceptors (Lipinski definition) is 2. The fourth-order valence-electron chi connectivity index (χ4n) is 0.595. The summed E-state index contributed by atoms with van der Waals surface area (Å²) in [5, 5.41) is 0.189. The van der Waals surface area contributed by atoms with Crippen LogP contribution in [0.25, 0.3) is 0 Å². The van der Waals surface area contributed by atoms with E-state index >= 15 is 0 Å². The molecule has 0 aliphatic heterocycles. The molecule has 0 bridgehead atoms. The van der Waals surface area contributed by atoms with Crippen molar-refractivity contribution in [1.82, 2.24) is 4.98 Å². The van der Waals surface area contributed by atoms with Gasteiger partial charge in [-0.25, -0.2) is 13.8 Å². The summed E-state index contributed by atoms with van der Waals surface area (Å²) in [7, 11) is 0. The van der Waals surface area contributed by atoms with Crippen molar-refractivity contribution in [2.45, 2.75) is 6.43 Å². The summed E-state index contributed by atoms with van der Waals surface area (Å²) in [4.78, 5) is 3.37. The van der Waals surface area contributed by atoms with Crippen LogP contribution in [0, 0.1) is 0 Å². The van der Waals surface area contributed by atoms with E-state index in [1.54, 1.807) is 0 Å². The minimum atomic E-state index is -2.60. The Kier molecular flexibility index (Phi) is 2.24. The zero-order chi connectivity index (χ0) is 8.43. The molecule has 1 aromatic heterocycles. The standard InChI is InChI=1S/C6H5ClF2N2/c7-3-1-2-4(5(8)9)11-6(3)10/h1-2,5H,(H2,10,11). The second kappa shape index (κ2) is 3.00. The van der Waals surface area contributed by atoms with Gasteiger partial charge in [-0.1, -0.05) is 11.6 Å². The van der Waals surface area contributed by atoms with E-state index in [2.05, 4.69) is 4.98 Å². The molecule has 0 radical (unpaired) electrons. The highest BCUT2D eigenvalue weighted by atomic mass is 35.5. The maximum atomic E-state index is 11.9. The largest absolute Gasteiger partial charge is 0.382 e. The molecule has 1 rings (SSSR count). The molecular formula is C6H5ClF2N2. The van der Waals surface area contributed by atoms with Crippen molar-refractivity contribution in [2.24, 2.45) is 0 Å². The van der Waals surface area contributed by atoms with Crippen LogP contribution >= 0.6 is 11.6 Å². The van der Waals surface area contributed by atoms with Crippen molar-refractivity contribution in [1.29, 1.82) is 0 Å². The first-order valence-corrected chi connectivity index (χ1v) is 3.19. The summed E-state index contributed by atoms with van der Waals surface area (Å²) < 4.78 is 23.8. The number of halogens is 3. The van der Waals surface area contributed by atoms with Gasteiger partial charge in [-0.2, -0.15) is 0 Å². The third kappa shape index (κ3) is 1.77. The lowest BCUT2D eigenvalue weighted by molar-refractivity contribution is 0.146. The maximum absolute atomic E-state index is 11.9. The molecule has 60 valence electrons. The van der Waals surface area contributed by atoms with E-state index in [9.17, 15) is 8.78 Å². The summed E-state index contributed by atoms with van der Waals surface area (Å²) >= 11 is 5.45. The number of pyridine rings is 1. The van der Waals surface area contributed by atoms with Gasteiger partial charge in [0.2, 0.25) is 0 Å². The molecular weight excluding hydrogens is 174 g/mol. The van der Waals surface area contributed by atoms with Crippen LogP contribution in [0.3, 0.4) is 0 Å². The van der Waals surface area contributed by atoms with Gasteiger partial charge in [-0.15, -0.1) is 0 Å². The Bertz CT molecular complexity index is 265. The molecule has 1 aromatic rings. The molecule has 0 spiro atoms. The number of anilines is 1. The summed E-state index contributed by atoms with van der Waals surface area (Å²) in [5.41, 5.74) is 4.83. The van der Waals surface area contributed by atoms with Crippen molar-refractivity contribution in [3.05, 3.63) is 22.8 Å². The van der Waals surface area contributed by atoms with Gasteiger partial charge in [-0.3, -0.25) is 0 Å². The van der Waals surface area contributed by atoms with Crippen LogP contribution in [0.2, 0.25) is 5.02 Å². The van der Waals surface area contributed by atoms with Crippen molar-refractivity contribution in [3.8, 4) is 0 Å². The van der Waals surface area contributed by atoms with Crippen LogP contribution < -0.4 is 5.73 Å². The van der Waals surface area contributed by atoms with Crippen molar-refractivity contribution >= 4 is 17.4 Å². The topological polar surface area (TPSA) is 38.9 Å². The minimum absolute atomic E-state index is 0.0653. The number of nitrogens with zero attached hydrogens (tertiary/aromatic N) is 1. The van der Waals surface area contributed by atoms with E-state index in [4.69, 9.17) is 17.3 Å². The molecule has 0 saturated heterocycles. The predicted molar refractivity (Wildman–Crippen MR) is 38.6 cm³/mol. The molecule has 0 amide bonds. The third-order valence-electron chi connectivity index (χ3n) is 1.12. The molecule has 0 saturated carbocycles. The number of nitrogens with two attached hydrogens (primary N) is 1. The first kappa shape index (κ1) is 8.20. The molecule has 0 atom stereocenters. The van der Waals surface area contributed by atoms with Crippen molar-refractivity contribution in [2.75, 3.05) is 5.73 Å². The van der Waals surface area contributed by atoms with Gasteiger partial charge in [0.25, 0.3) is 6.43 Å². The van der Waals surface area contributed by atoms with E-state index in [1.807, 2.05) is 0 Å². The third-order valence-corrected chi connectivity index (χ3v) is 1.44. The van der Waals surface area contributed by atoms with Gasteiger partial charge in [0.15, 0.2) is 0 Å². The van der Waals surface area contributed by atoms with Crippen LogP contribution in [0.1, 0.15) is 12.1 Å². The smallest absolute Gasteiger partial charge is 0.280 e. The number of rotatable bonds is 1. The van der Waals surface area contributed by atoms with Crippen molar-refractivity contribution in [3.63, 3.8) is 0 Å². The van der Waals surface area contributed by atoms with E-state index < -0.39 is 6.43 Å². The highest BCUT2D eigenvalue weighted by molar-refractivity contribution is 6.32. The average molecular weight is 179 g/mol. The fraction of sp³-hybridized carbons (Fsp3) is 0.167. The Hall–Kier alpha value is -0.900. The quantitative estimate of drug-likeness (QED) is 0.717. The SMILES string of the molecule is Nc1nc(C(F)F)ccc1Cl. The van der Waals surface area contributed by atoms with E-state index in [0.717, 1.165) is 6.07 Å². The zero-order valence-electron chi connectivity index (χ0n) is 5.39. The number of nitrogen functional groups attached to an aromatic ring is 1. The number of alkyl halides is 2. The predicted octanol–water partition coefficient (Wildman–Crippen LogP) is 2.25. The minimum Gasteiger partial charge on any atom is -0.382 e. The second-order valence-corrected chi connectivity index (χ2v) is 2.31. The molecule has 1 heterocycles. The van der Waals surface area contributed by atoms with Gasteiger partial charge in [0.05, 0.1) is 5.02 Å². The highest BCUT2D eigenvalue weighted by Gasteiger charge is 2.09. The molecule has 2 nitrogen and oxygen atoms in total. The van der Waals surface area contributed by atoms with E-state index in [-0.39, 0.29) is 16.5 Å². The summed E-state index contributed by atoms with van der Waals surface area (Å²) in [6, 6.07) is 2.44. The lowest BCUT2D eigenvalue weighted by Gasteiger charge is -2.00. The van der Waals surface area contributed by atoms with Crippen LogP contribution in [0.15, 0.2) is 12.1 Å². The first-order chi connectivity index (χ1) is 5.11. The molecule has 0 aliphatic rings. The fourth-order valence-corrected chi connectivity index (χ4v) is 0.700. The monoisotopic (exact) mass is 178 g/mol. The lowest BCUT2D eigenvalue weighted by Crippen LogP contribution is -1.96. The summed E-state index contributed by atoms with van der Waals surface area (Å²) in [6.45, 7) is 0. The van der Waals surface area contributed by atoms with Gasteiger partial charge in [0.1, 0.15) is 11.5 Å². The van der Waals surface area contributed by atoms with Crippen LogP contribution in [0.4, 0.5) is 14.6 Å². The molecule has 2 N–H and O–H groups in total. The van der Waals surface area contributed by atoms with Gasteiger partial charge >= 0.3 is 0 Å². The molecule has 0 unspecified atom stereocenters. The summed E-state index contributed by atoms with van der Waals surface area (Å²) in [5.74, 6) is -0.0653. The highest BCUT2D eigenvalue weighted by Crippen LogP contribution is 2.21.